The summed E-state index contributed by atoms with van der Waals surface area (Å²) in [4.78, 5) is 19.5. The van der Waals surface area contributed by atoms with Crippen molar-refractivity contribution in [3.05, 3.63) is 53.6 Å². The Labute approximate surface area is 231 Å². The molecule has 2 aromatic carbocycles. The van der Waals surface area contributed by atoms with E-state index in [2.05, 4.69) is 21.4 Å². The molecule has 0 aliphatic heterocycles. The zero-order valence-electron chi connectivity index (χ0n) is 23.1. The van der Waals surface area contributed by atoms with Crippen LogP contribution in [0.5, 0.6) is 23.0 Å². The number of alkyl carbamates (subject to hydrolysis) is 1. The van der Waals surface area contributed by atoms with Crippen LogP contribution in [0.4, 0.5) is 9.18 Å². The van der Waals surface area contributed by atoms with Crippen LogP contribution in [0.25, 0.3) is 21.8 Å². The molecule has 2 N–H and O–H groups in total. The predicted molar refractivity (Wildman–Crippen MR) is 147 cm³/mol. The second kappa shape index (κ2) is 10.6. The van der Waals surface area contributed by atoms with Crippen LogP contribution in [0, 0.1) is 30.0 Å². The smallest absolute Gasteiger partial charge is 0.407 e. The van der Waals surface area contributed by atoms with Gasteiger partial charge >= 0.3 is 6.09 Å². The molecule has 2 aromatic heterocycles. The molecule has 0 saturated heterocycles. The number of halogens is 1. The molecular formula is C30H31FN4O5. The fourth-order valence-corrected chi connectivity index (χ4v) is 4.79. The van der Waals surface area contributed by atoms with Crippen molar-refractivity contribution in [3.8, 4) is 29.1 Å². The monoisotopic (exact) mass is 546 g/mol. The van der Waals surface area contributed by atoms with Crippen molar-refractivity contribution >= 4 is 27.9 Å². The van der Waals surface area contributed by atoms with Gasteiger partial charge in [-0.3, -0.25) is 4.98 Å². The molecule has 1 aliphatic carbocycles. The number of hydrogen-bond acceptors (Lipinski definition) is 7. The van der Waals surface area contributed by atoms with Gasteiger partial charge in [-0.05, 0) is 70.7 Å². The summed E-state index contributed by atoms with van der Waals surface area (Å²) in [6.07, 6.45) is 2.52. The van der Waals surface area contributed by atoms with Crippen molar-refractivity contribution in [2.24, 2.45) is 5.92 Å². The maximum absolute atomic E-state index is 15.3. The molecule has 0 bridgehead atoms. The first-order chi connectivity index (χ1) is 19.0. The van der Waals surface area contributed by atoms with E-state index >= 15 is 4.39 Å². The highest BCUT2D eigenvalue weighted by Crippen LogP contribution is 2.41. The van der Waals surface area contributed by atoms with Gasteiger partial charge in [0.2, 0.25) is 0 Å². The van der Waals surface area contributed by atoms with E-state index in [1.54, 1.807) is 24.3 Å². The zero-order chi connectivity index (χ0) is 28.6. The minimum atomic E-state index is -0.543. The summed E-state index contributed by atoms with van der Waals surface area (Å²) in [5, 5.41) is 13.5. The molecule has 1 saturated carbocycles. The number of ether oxygens (including phenoxy) is 4. The number of H-pyrrole nitrogens is 1. The van der Waals surface area contributed by atoms with Crippen LogP contribution >= 0.6 is 0 Å². The lowest BCUT2D eigenvalue weighted by Gasteiger charge is -2.36. The maximum Gasteiger partial charge on any atom is 0.407 e. The number of rotatable bonds is 7. The van der Waals surface area contributed by atoms with Gasteiger partial charge < -0.3 is 29.2 Å². The van der Waals surface area contributed by atoms with E-state index in [0.29, 0.717) is 39.9 Å². The number of amides is 1. The third kappa shape index (κ3) is 5.59. The van der Waals surface area contributed by atoms with E-state index in [9.17, 15) is 10.1 Å². The van der Waals surface area contributed by atoms with Crippen LogP contribution in [0.15, 0.2) is 36.5 Å². The van der Waals surface area contributed by atoms with Crippen molar-refractivity contribution in [1.29, 1.82) is 5.26 Å². The number of nitrogens with one attached hydrogen (secondary N) is 2. The Bertz CT molecular complexity index is 1630. The van der Waals surface area contributed by atoms with E-state index in [4.69, 9.17) is 18.9 Å². The van der Waals surface area contributed by atoms with Gasteiger partial charge in [-0.25, -0.2) is 9.18 Å². The molecule has 10 heteroatoms. The number of pyridine rings is 1. The first-order valence-corrected chi connectivity index (χ1v) is 13.0. The first kappa shape index (κ1) is 27.1. The number of aromatic amines is 1. The lowest BCUT2D eigenvalue weighted by Crippen LogP contribution is -2.47. The number of aryl methyl sites for hydroxylation is 1. The normalized spacial score (nSPS) is 16.7. The summed E-state index contributed by atoms with van der Waals surface area (Å²) >= 11 is 0. The Morgan fingerprint density at radius 1 is 1.18 bits per heavy atom. The van der Waals surface area contributed by atoms with Gasteiger partial charge in [-0.2, -0.15) is 5.26 Å². The number of aromatic nitrogens is 2. The van der Waals surface area contributed by atoms with E-state index in [-0.39, 0.29) is 29.0 Å². The van der Waals surface area contributed by atoms with E-state index in [0.717, 1.165) is 18.5 Å². The quantitative estimate of drug-likeness (QED) is 0.271. The summed E-state index contributed by atoms with van der Waals surface area (Å²) < 4.78 is 38.3. The van der Waals surface area contributed by atoms with Gasteiger partial charge in [0.15, 0.2) is 28.8 Å². The van der Waals surface area contributed by atoms with Crippen molar-refractivity contribution in [2.45, 2.75) is 52.2 Å². The van der Waals surface area contributed by atoms with Crippen LogP contribution < -0.4 is 19.5 Å². The van der Waals surface area contributed by atoms with Crippen LogP contribution in [0.1, 0.15) is 44.9 Å². The average Bonchev–Trinajstić information content (AvgIpc) is 3.26. The summed E-state index contributed by atoms with van der Waals surface area (Å²) in [6, 6.07) is 10.5. The van der Waals surface area contributed by atoms with Crippen molar-refractivity contribution in [1.82, 2.24) is 15.3 Å². The summed E-state index contributed by atoms with van der Waals surface area (Å²) in [6.45, 7) is 7.75. The van der Waals surface area contributed by atoms with Crippen molar-refractivity contribution in [2.75, 3.05) is 13.7 Å². The molecule has 1 aliphatic rings. The Balaban J connectivity index is 1.33. The van der Waals surface area contributed by atoms with Crippen LogP contribution in [0.3, 0.4) is 0 Å². The van der Waals surface area contributed by atoms with E-state index < -0.39 is 17.5 Å². The SMILES string of the molecule is COc1cc2c(Oc3ccc4[nH]c(C)cc4c3F)c(C#N)cnc2cc1OCC1CC(NC(=O)OC(C)(C)C)C1. The number of fused-ring (bicyclic) bond motifs is 2. The highest BCUT2D eigenvalue weighted by Gasteiger charge is 2.32. The van der Waals surface area contributed by atoms with Crippen molar-refractivity contribution in [3.63, 3.8) is 0 Å². The van der Waals surface area contributed by atoms with Crippen LogP contribution in [0.2, 0.25) is 0 Å². The molecule has 5 rings (SSSR count). The molecule has 1 amide bonds. The number of nitrogens with zero attached hydrogens (tertiary/aromatic N) is 2. The maximum atomic E-state index is 15.3. The standard InChI is InChI=1S/C30H31FN4O5/c1-16-8-20-22(34-16)6-7-24(27(20)31)39-28-18(13-32)14-33-23-12-26(25(37-5)11-21(23)28)38-15-17-9-19(10-17)35-29(36)40-30(2,3)4/h6-8,11-12,14,17,19,34H,9-10,15H2,1-5H3,(H,35,36). The lowest BCUT2D eigenvalue weighted by molar-refractivity contribution is 0.0427. The highest BCUT2D eigenvalue weighted by atomic mass is 19.1. The molecule has 9 nitrogen and oxygen atoms in total. The molecule has 208 valence electrons. The van der Waals surface area contributed by atoms with Crippen LogP contribution in [-0.2, 0) is 4.74 Å². The number of methoxy groups -OCH3 is 1. The van der Waals surface area contributed by atoms with Gasteiger partial charge in [0.25, 0.3) is 0 Å². The fraction of sp³-hybridized carbons (Fsp3) is 0.367. The second-order valence-corrected chi connectivity index (χ2v) is 11.0. The summed E-state index contributed by atoms with van der Waals surface area (Å²) in [5.74, 6) is 0.809. The molecule has 0 atom stereocenters. The molecule has 0 unspecified atom stereocenters. The second-order valence-electron chi connectivity index (χ2n) is 11.0. The molecular weight excluding hydrogens is 515 g/mol. The summed E-state index contributed by atoms with van der Waals surface area (Å²) in [7, 11) is 1.52. The molecule has 1 fully saturated rings. The number of benzene rings is 2. The Morgan fingerprint density at radius 2 is 1.95 bits per heavy atom. The Hall–Kier alpha value is -4.52. The number of carbonyl (C=O) groups is 1. The lowest BCUT2D eigenvalue weighted by atomic mass is 9.81. The van der Waals surface area contributed by atoms with Gasteiger partial charge in [0, 0.05) is 40.3 Å². The third-order valence-corrected chi connectivity index (χ3v) is 6.70. The number of carbonyl (C=O) groups excluding carboxylic acids is 1. The van der Waals surface area contributed by atoms with Gasteiger partial charge in [-0.15, -0.1) is 0 Å². The molecule has 4 aromatic rings. The molecule has 0 spiro atoms. The van der Waals surface area contributed by atoms with E-state index in [1.807, 2.05) is 27.7 Å². The molecule has 40 heavy (non-hydrogen) atoms. The molecule has 2 heterocycles. The van der Waals surface area contributed by atoms with Gasteiger partial charge in [-0.1, -0.05) is 0 Å². The minimum absolute atomic E-state index is 0.00526. The largest absolute Gasteiger partial charge is 0.493 e. The van der Waals surface area contributed by atoms with Gasteiger partial charge in [0.05, 0.1) is 19.2 Å². The van der Waals surface area contributed by atoms with E-state index in [1.165, 1.54) is 19.4 Å². The minimum Gasteiger partial charge on any atom is -0.493 e. The predicted octanol–water partition coefficient (Wildman–Crippen LogP) is 6.52. The fourth-order valence-electron chi connectivity index (χ4n) is 4.79. The van der Waals surface area contributed by atoms with Crippen LogP contribution in [-0.4, -0.2) is 41.4 Å². The molecule has 0 radical (unpaired) electrons. The number of nitriles is 1. The zero-order valence-corrected chi connectivity index (χ0v) is 23.1. The average molecular weight is 547 g/mol. The topological polar surface area (TPSA) is 118 Å². The first-order valence-electron chi connectivity index (χ1n) is 13.0. The highest BCUT2D eigenvalue weighted by molar-refractivity contribution is 5.91. The Kier molecular flexibility index (Phi) is 7.15. The third-order valence-electron chi connectivity index (χ3n) is 6.70. The van der Waals surface area contributed by atoms with Crippen molar-refractivity contribution < 1.29 is 28.1 Å². The van der Waals surface area contributed by atoms with Gasteiger partial charge in [0.1, 0.15) is 17.2 Å². The summed E-state index contributed by atoms with van der Waals surface area (Å²) in [5.41, 5.74) is 1.60. The Morgan fingerprint density at radius 3 is 2.65 bits per heavy atom. The number of hydrogen-bond donors (Lipinski definition) is 2.